The van der Waals surface area contributed by atoms with Crippen molar-refractivity contribution in [3.8, 4) is 5.69 Å². The molecule has 2 aromatic carbocycles. The van der Waals surface area contributed by atoms with Gasteiger partial charge in [0.05, 0.1) is 5.69 Å². The standard InChI is InChI=1S/C18H15BrN4O2/c1-11-5-6-13(10-15(11)17(20)24)21-18(25)16-7-8-23(22-16)14-4-2-3-12(19)9-14/h2-10H,1H3,(H2,20,24)(H,21,25). The first kappa shape index (κ1) is 16.9. The summed E-state index contributed by atoms with van der Waals surface area (Å²) in [6.45, 7) is 1.78. The maximum absolute atomic E-state index is 12.4. The second-order valence-corrected chi connectivity index (χ2v) is 6.39. The Morgan fingerprint density at radius 2 is 1.96 bits per heavy atom. The third-order valence-corrected chi connectivity index (χ3v) is 4.15. The lowest BCUT2D eigenvalue weighted by molar-refractivity contribution is 0.0995. The van der Waals surface area contributed by atoms with E-state index in [1.54, 1.807) is 42.1 Å². The molecule has 7 heteroatoms. The van der Waals surface area contributed by atoms with Crippen LogP contribution in [0.2, 0.25) is 0 Å². The van der Waals surface area contributed by atoms with E-state index in [-0.39, 0.29) is 11.6 Å². The normalized spacial score (nSPS) is 10.5. The number of carbonyl (C=O) groups excluding carboxylic acids is 2. The minimum absolute atomic E-state index is 0.265. The van der Waals surface area contributed by atoms with Gasteiger partial charge in [-0.15, -0.1) is 0 Å². The fourth-order valence-corrected chi connectivity index (χ4v) is 2.75. The summed E-state index contributed by atoms with van der Waals surface area (Å²) in [5.41, 5.74) is 8.05. The lowest BCUT2D eigenvalue weighted by Gasteiger charge is -2.07. The molecule has 3 N–H and O–H groups in total. The van der Waals surface area contributed by atoms with Crippen molar-refractivity contribution in [2.75, 3.05) is 5.32 Å². The van der Waals surface area contributed by atoms with Crippen LogP contribution in [-0.4, -0.2) is 21.6 Å². The Bertz CT molecular complexity index is 965. The monoisotopic (exact) mass is 398 g/mol. The van der Waals surface area contributed by atoms with Gasteiger partial charge in [-0.05, 0) is 48.9 Å². The van der Waals surface area contributed by atoms with Crippen molar-refractivity contribution in [3.63, 3.8) is 0 Å². The summed E-state index contributed by atoms with van der Waals surface area (Å²) >= 11 is 3.41. The predicted molar refractivity (Wildman–Crippen MR) is 98.9 cm³/mol. The Hall–Kier alpha value is -2.93. The number of nitrogens with two attached hydrogens (primary N) is 1. The molecule has 3 rings (SSSR count). The average molecular weight is 399 g/mol. The van der Waals surface area contributed by atoms with E-state index in [0.717, 1.165) is 15.7 Å². The number of amides is 2. The second-order valence-electron chi connectivity index (χ2n) is 5.47. The Morgan fingerprint density at radius 3 is 2.68 bits per heavy atom. The van der Waals surface area contributed by atoms with Crippen LogP contribution >= 0.6 is 15.9 Å². The van der Waals surface area contributed by atoms with Crippen LogP contribution in [0.1, 0.15) is 26.4 Å². The maximum Gasteiger partial charge on any atom is 0.276 e. The predicted octanol–water partition coefficient (Wildman–Crippen LogP) is 3.29. The molecule has 0 saturated carbocycles. The number of rotatable bonds is 4. The maximum atomic E-state index is 12.4. The van der Waals surface area contributed by atoms with E-state index in [4.69, 9.17) is 5.73 Å². The zero-order valence-corrected chi connectivity index (χ0v) is 14.9. The topological polar surface area (TPSA) is 90.0 Å². The Labute approximate surface area is 152 Å². The molecule has 0 aliphatic carbocycles. The van der Waals surface area contributed by atoms with Gasteiger partial charge in [-0.1, -0.05) is 28.1 Å². The van der Waals surface area contributed by atoms with Gasteiger partial charge < -0.3 is 11.1 Å². The highest BCUT2D eigenvalue weighted by atomic mass is 79.9. The SMILES string of the molecule is Cc1ccc(NC(=O)c2ccn(-c3cccc(Br)c3)n2)cc1C(N)=O. The zero-order valence-electron chi connectivity index (χ0n) is 13.4. The molecule has 3 aromatic rings. The van der Waals surface area contributed by atoms with Gasteiger partial charge >= 0.3 is 0 Å². The van der Waals surface area contributed by atoms with E-state index in [1.165, 1.54) is 0 Å². The number of nitrogens with one attached hydrogen (secondary N) is 1. The summed E-state index contributed by atoms with van der Waals surface area (Å²) in [5, 5.41) is 7.01. The molecule has 0 bridgehead atoms. The van der Waals surface area contributed by atoms with Gasteiger partial charge in [0.25, 0.3) is 5.91 Å². The van der Waals surface area contributed by atoms with Crippen molar-refractivity contribution in [1.82, 2.24) is 9.78 Å². The third kappa shape index (κ3) is 3.77. The van der Waals surface area contributed by atoms with Crippen LogP contribution in [0.3, 0.4) is 0 Å². The number of hydrogen-bond donors (Lipinski definition) is 2. The fraction of sp³-hybridized carbons (Fsp3) is 0.0556. The van der Waals surface area contributed by atoms with Crippen molar-refractivity contribution < 1.29 is 9.59 Å². The van der Waals surface area contributed by atoms with Crippen LogP contribution in [0.5, 0.6) is 0 Å². The summed E-state index contributed by atoms with van der Waals surface area (Å²) in [6, 6.07) is 14.2. The summed E-state index contributed by atoms with van der Waals surface area (Å²) in [6.07, 6.45) is 1.71. The highest BCUT2D eigenvalue weighted by molar-refractivity contribution is 9.10. The molecular weight excluding hydrogens is 384 g/mol. The molecule has 0 aliphatic heterocycles. The van der Waals surface area contributed by atoms with Gasteiger partial charge in [0, 0.05) is 21.9 Å². The summed E-state index contributed by atoms with van der Waals surface area (Å²) in [7, 11) is 0. The van der Waals surface area contributed by atoms with Crippen LogP contribution in [0.15, 0.2) is 59.2 Å². The molecule has 2 amide bonds. The number of nitrogens with zero attached hydrogens (tertiary/aromatic N) is 2. The highest BCUT2D eigenvalue weighted by Gasteiger charge is 2.12. The van der Waals surface area contributed by atoms with Crippen LogP contribution in [0, 0.1) is 6.92 Å². The van der Waals surface area contributed by atoms with Crippen LogP contribution in [0.25, 0.3) is 5.69 Å². The number of anilines is 1. The molecule has 0 unspecified atom stereocenters. The zero-order chi connectivity index (χ0) is 18.0. The molecule has 25 heavy (non-hydrogen) atoms. The molecule has 1 heterocycles. The van der Waals surface area contributed by atoms with E-state index in [2.05, 4.69) is 26.3 Å². The minimum atomic E-state index is -0.535. The first-order valence-electron chi connectivity index (χ1n) is 7.47. The van der Waals surface area contributed by atoms with Gasteiger partial charge in [-0.3, -0.25) is 9.59 Å². The van der Waals surface area contributed by atoms with Crippen LogP contribution in [-0.2, 0) is 0 Å². The van der Waals surface area contributed by atoms with E-state index >= 15 is 0 Å². The highest BCUT2D eigenvalue weighted by Crippen LogP contribution is 2.17. The summed E-state index contributed by atoms with van der Waals surface area (Å²) < 4.78 is 2.54. The van der Waals surface area contributed by atoms with Gasteiger partial charge in [0.2, 0.25) is 5.91 Å². The Kier molecular flexibility index (Phi) is 4.67. The molecule has 0 radical (unpaired) electrons. The van der Waals surface area contributed by atoms with Gasteiger partial charge in [-0.2, -0.15) is 5.10 Å². The lowest BCUT2D eigenvalue weighted by atomic mass is 10.1. The number of benzene rings is 2. The summed E-state index contributed by atoms with van der Waals surface area (Å²) in [4.78, 5) is 23.8. The number of aromatic nitrogens is 2. The van der Waals surface area contributed by atoms with Crippen LogP contribution < -0.4 is 11.1 Å². The first-order valence-corrected chi connectivity index (χ1v) is 8.27. The number of aryl methyl sites for hydroxylation is 1. The second kappa shape index (κ2) is 6.90. The molecule has 6 nitrogen and oxygen atoms in total. The number of halogens is 1. The molecule has 0 saturated heterocycles. The van der Waals surface area contributed by atoms with Crippen molar-refractivity contribution in [1.29, 1.82) is 0 Å². The van der Waals surface area contributed by atoms with E-state index < -0.39 is 5.91 Å². The van der Waals surface area contributed by atoms with Crippen molar-refractivity contribution in [2.45, 2.75) is 6.92 Å². The molecule has 0 spiro atoms. The largest absolute Gasteiger partial charge is 0.366 e. The molecule has 1 aromatic heterocycles. The van der Waals surface area contributed by atoms with Crippen molar-refractivity contribution in [3.05, 3.63) is 76.0 Å². The van der Waals surface area contributed by atoms with E-state index in [1.807, 2.05) is 24.3 Å². The first-order chi connectivity index (χ1) is 11.9. The summed E-state index contributed by atoms with van der Waals surface area (Å²) in [5.74, 6) is -0.902. The number of primary amides is 1. The quantitative estimate of drug-likeness (QED) is 0.706. The van der Waals surface area contributed by atoms with Gasteiger partial charge in [0.1, 0.15) is 0 Å². The Balaban J connectivity index is 1.81. The van der Waals surface area contributed by atoms with Gasteiger partial charge in [-0.25, -0.2) is 4.68 Å². The smallest absolute Gasteiger partial charge is 0.276 e. The molecule has 0 atom stereocenters. The Morgan fingerprint density at radius 1 is 1.16 bits per heavy atom. The molecule has 126 valence electrons. The fourth-order valence-electron chi connectivity index (χ4n) is 2.37. The lowest BCUT2D eigenvalue weighted by Crippen LogP contribution is -2.16. The molecule has 0 aliphatic rings. The van der Waals surface area contributed by atoms with Crippen LogP contribution in [0.4, 0.5) is 5.69 Å². The number of hydrogen-bond acceptors (Lipinski definition) is 3. The van der Waals surface area contributed by atoms with E-state index in [0.29, 0.717) is 11.3 Å². The molecule has 0 fully saturated rings. The minimum Gasteiger partial charge on any atom is -0.366 e. The number of carbonyl (C=O) groups is 2. The third-order valence-electron chi connectivity index (χ3n) is 3.66. The van der Waals surface area contributed by atoms with E-state index in [9.17, 15) is 9.59 Å². The van der Waals surface area contributed by atoms with Crippen molar-refractivity contribution in [2.24, 2.45) is 5.73 Å². The molecular formula is C18H15BrN4O2. The van der Waals surface area contributed by atoms with Crippen molar-refractivity contribution >= 4 is 33.4 Å². The average Bonchev–Trinajstić information content (AvgIpc) is 3.06. The van der Waals surface area contributed by atoms with Gasteiger partial charge in [0.15, 0.2) is 5.69 Å².